The van der Waals surface area contributed by atoms with Gasteiger partial charge < -0.3 is 15.3 Å². The lowest BCUT2D eigenvalue weighted by Crippen LogP contribution is -2.19. The second kappa shape index (κ2) is 6.71. The molecule has 7 nitrogen and oxygen atoms in total. The van der Waals surface area contributed by atoms with Crippen LogP contribution in [0.1, 0.15) is 12.6 Å². The SMILES string of the molecule is COc1ccccc1NC(=O)Nc1nc(C(C)=NO)cs1. The average Bonchev–Trinajstić information content (AvgIpc) is 2.95. The lowest BCUT2D eigenvalue weighted by molar-refractivity contribution is 0.262. The summed E-state index contributed by atoms with van der Waals surface area (Å²) in [6.45, 7) is 1.62. The Morgan fingerprint density at radius 3 is 2.86 bits per heavy atom. The van der Waals surface area contributed by atoms with E-state index >= 15 is 0 Å². The van der Waals surface area contributed by atoms with Crippen LogP contribution in [0.5, 0.6) is 5.75 Å². The second-order valence-electron chi connectivity index (χ2n) is 4.00. The molecule has 8 heteroatoms. The number of nitrogens with zero attached hydrogens (tertiary/aromatic N) is 2. The van der Waals surface area contributed by atoms with Crippen LogP contribution in [-0.2, 0) is 0 Å². The predicted octanol–water partition coefficient (Wildman–Crippen LogP) is 2.99. The van der Waals surface area contributed by atoms with Gasteiger partial charge in [-0.2, -0.15) is 0 Å². The van der Waals surface area contributed by atoms with Gasteiger partial charge in [-0.3, -0.25) is 5.32 Å². The molecule has 21 heavy (non-hydrogen) atoms. The van der Waals surface area contributed by atoms with Gasteiger partial charge in [0.05, 0.1) is 12.8 Å². The smallest absolute Gasteiger partial charge is 0.325 e. The molecule has 0 bridgehead atoms. The molecule has 0 atom stereocenters. The molecule has 0 aliphatic heterocycles. The maximum atomic E-state index is 11.9. The van der Waals surface area contributed by atoms with E-state index < -0.39 is 6.03 Å². The van der Waals surface area contributed by atoms with E-state index in [2.05, 4.69) is 20.8 Å². The van der Waals surface area contributed by atoms with Gasteiger partial charge in [0.25, 0.3) is 0 Å². The number of methoxy groups -OCH3 is 1. The number of carbonyl (C=O) groups is 1. The van der Waals surface area contributed by atoms with Crippen molar-refractivity contribution in [3.63, 3.8) is 0 Å². The van der Waals surface area contributed by atoms with Crippen LogP contribution in [0.3, 0.4) is 0 Å². The van der Waals surface area contributed by atoms with Crippen LogP contribution in [0.25, 0.3) is 0 Å². The molecule has 1 aromatic carbocycles. The molecule has 0 aliphatic rings. The van der Waals surface area contributed by atoms with Gasteiger partial charge in [0.2, 0.25) is 0 Å². The number of ether oxygens (including phenoxy) is 1. The first-order valence-corrected chi connectivity index (χ1v) is 6.87. The molecule has 0 saturated heterocycles. The highest BCUT2D eigenvalue weighted by atomic mass is 32.1. The number of anilines is 2. The minimum absolute atomic E-state index is 0.379. The third-order valence-electron chi connectivity index (χ3n) is 2.60. The number of hydrogen-bond donors (Lipinski definition) is 3. The summed E-state index contributed by atoms with van der Waals surface area (Å²) in [4.78, 5) is 16.0. The number of oxime groups is 1. The summed E-state index contributed by atoms with van der Waals surface area (Å²) in [6.07, 6.45) is 0. The summed E-state index contributed by atoms with van der Waals surface area (Å²) in [5.41, 5.74) is 1.45. The summed E-state index contributed by atoms with van der Waals surface area (Å²) in [5.74, 6) is 0.565. The van der Waals surface area contributed by atoms with Gasteiger partial charge in [0.15, 0.2) is 5.13 Å². The maximum Gasteiger partial charge on any atom is 0.325 e. The van der Waals surface area contributed by atoms with Crippen molar-refractivity contribution in [1.29, 1.82) is 0 Å². The molecule has 3 N–H and O–H groups in total. The van der Waals surface area contributed by atoms with E-state index in [-0.39, 0.29) is 0 Å². The fraction of sp³-hybridized carbons (Fsp3) is 0.154. The summed E-state index contributed by atoms with van der Waals surface area (Å²) in [6, 6.07) is 6.65. The van der Waals surface area contributed by atoms with Crippen molar-refractivity contribution < 1.29 is 14.7 Å². The standard InChI is InChI=1S/C13H14N4O3S/c1-8(17-19)10-7-21-13(15-10)16-12(18)14-9-5-3-4-6-11(9)20-2/h3-7,19H,1-2H3,(H2,14,15,16,18). The van der Waals surface area contributed by atoms with Crippen LogP contribution in [0.15, 0.2) is 34.8 Å². The van der Waals surface area contributed by atoms with Gasteiger partial charge >= 0.3 is 6.03 Å². The molecule has 0 radical (unpaired) electrons. The number of nitrogens with one attached hydrogen (secondary N) is 2. The Kier molecular flexibility index (Phi) is 4.72. The summed E-state index contributed by atoms with van der Waals surface area (Å²) >= 11 is 1.24. The van der Waals surface area contributed by atoms with Crippen LogP contribution >= 0.6 is 11.3 Å². The summed E-state index contributed by atoms with van der Waals surface area (Å²) < 4.78 is 5.15. The number of thiazole rings is 1. The number of benzene rings is 1. The average molecular weight is 306 g/mol. The highest BCUT2D eigenvalue weighted by Gasteiger charge is 2.10. The number of urea groups is 1. The number of amides is 2. The highest BCUT2D eigenvalue weighted by molar-refractivity contribution is 7.14. The minimum Gasteiger partial charge on any atom is -0.495 e. The molecule has 2 aromatic rings. The van der Waals surface area contributed by atoms with Crippen LogP contribution < -0.4 is 15.4 Å². The van der Waals surface area contributed by atoms with Crippen molar-refractivity contribution in [3.05, 3.63) is 35.3 Å². The Labute approximate surface area is 125 Å². The van der Waals surface area contributed by atoms with E-state index in [4.69, 9.17) is 9.94 Å². The van der Waals surface area contributed by atoms with Crippen LogP contribution in [0.2, 0.25) is 0 Å². The predicted molar refractivity (Wildman–Crippen MR) is 81.7 cm³/mol. The highest BCUT2D eigenvalue weighted by Crippen LogP contribution is 2.23. The molecule has 0 fully saturated rings. The Hall–Kier alpha value is -2.61. The van der Waals surface area contributed by atoms with Gasteiger partial charge in [-0.25, -0.2) is 9.78 Å². The Morgan fingerprint density at radius 1 is 1.38 bits per heavy atom. The maximum absolute atomic E-state index is 11.9. The summed E-state index contributed by atoms with van der Waals surface area (Å²) in [7, 11) is 1.53. The van der Waals surface area contributed by atoms with Crippen LogP contribution in [-0.4, -0.2) is 29.0 Å². The Morgan fingerprint density at radius 2 is 2.14 bits per heavy atom. The fourth-order valence-electron chi connectivity index (χ4n) is 1.55. The van der Waals surface area contributed by atoms with E-state index in [9.17, 15) is 4.79 Å². The fourth-order valence-corrected chi connectivity index (χ4v) is 2.30. The van der Waals surface area contributed by atoms with Crippen molar-refractivity contribution in [2.24, 2.45) is 5.16 Å². The first-order valence-electron chi connectivity index (χ1n) is 5.99. The number of rotatable bonds is 4. The molecule has 0 saturated carbocycles. The normalized spacial score (nSPS) is 11.0. The van der Waals surface area contributed by atoms with E-state index in [0.29, 0.717) is 28.0 Å². The third-order valence-corrected chi connectivity index (χ3v) is 3.36. The van der Waals surface area contributed by atoms with E-state index in [0.717, 1.165) is 0 Å². The van der Waals surface area contributed by atoms with Gasteiger partial charge in [-0.05, 0) is 19.1 Å². The van der Waals surface area contributed by atoms with E-state index in [1.54, 1.807) is 30.5 Å². The van der Waals surface area contributed by atoms with Gasteiger partial charge in [0, 0.05) is 5.38 Å². The molecule has 2 rings (SSSR count). The minimum atomic E-state index is -0.431. The first-order chi connectivity index (χ1) is 10.1. The van der Waals surface area contributed by atoms with Crippen molar-refractivity contribution in [2.45, 2.75) is 6.92 Å². The monoisotopic (exact) mass is 306 g/mol. The molecular formula is C13H14N4O3S. The van der Waals surface area contributed by atoms with Crippen LogP contribution in [0, 0.1) is 0 Å². The molecule has 110 valence electrons. The molecule has 0 unspecified atom stereocenters. The van der Waals surface area contributed by atoms with Crippen molar-refractivity contribution >= 4 is 33.9 Å². The number of para-hydroxylation sites is 2. The van der Waals surface area contributed by atoms with E-state index in [1.807, 2.05) is 6.07 Å². The number of hydrogen-bond acceptors (Lipinski definition) is 6. The lowest BCUT2D eigenvalue weighted by Gasteiger charge is -2.09. The molecule has 0 aliphatic carbocycles. The number of carbonyl (C=O) groups excluding carboxylic acids is 1. The third kappa shape index (κ3) is 3.69. The zero-order chi connectivity index (χ0) is 15.2. The van der Waals surface area contributed by atoms with E-state index in [1.165, 1.54) is 18.4 Å². The van der Waals surface area contributed by atoms with Gasteiger partial charge in [-0.1, -0.05) is 17.3 Å². The largest absolute Gasteiger partial charge is 0.495 e. The zero-order valence-electron chi connectivity index (χ0n) is 11.5. The first kappa shape index (κ1) is 14.8. The molecule has 1 aromatic heterocycles. The molecule has 2 amide bonds. The Bertz CT molecular complexity index is 669. The molecular weight excluding hydrogens is 292 g/mol. The van der Waals surface area contributed by atoms with Crippen molar-refractivity contribution in [3.8, 4) is 5.75 Å². The quantitative estimate of drug-likeness (QED) is 0.459. The number of aromatic nitrogens is 1. The molecule has 1 heterocycles. The topological polar surface area (TPSA) is 95.8 Å². The van der Waals surface area contributed by atoms with Crippen molar-refractivity contribution in [2.75, 3.05) is 17.7 Å². The second-order valence-corrected chi connectivity index (χ2v) is 4.86. The molecule has 0 spiro atoms. The zero-order valence-corrected chi connectivity index (χ0v) is 12.3. The van der Waals surface area contributed by atoms with Gasteiger partial charge in [0.1, 0.15) is 17.2 Å². The Balaban J connectivity index is 2.03. The lowest BCUT2D eigenvalue weighted by atomic mass is 10.3. The van der Waals surface area contributed by atoms with Gasteiger partial charge in [-0.15, -0.1) is 11.3 Å². The summed E-state index contributed by atoms with van der Waals surface area (Å²) in [5, 5.41) is 19.1. The van der Waals surface area contributed by atoms with Crippen LogP contribution in [0.4, 0.5) is 15.6 Å². The van der Waals surface area contributed by atoms with Crippen molar-refractivity contribution in [1.82, 2.24) is 4.98 Å².